The molecule has 1 N–H and O–H groups in total. The van der Waals surface area contributed by atoms with Crippen LogP contribution in [0.1, 0.15) is 0 Å². The van der Waals surface area contributed by atoms with Gasteiger partial charge in [-0.3, -0.25) is 9.59 Å². The summed E-state index contributed by atoms with van der Waals surface area (Å²) in [4.78, 5) is 35.1. The Kier molecular flexibility index (Phi) is 3.82. The van der Waals surface area contributed by atoms with E-state index >= 15 is 0 Å². The van der Waals surface area contributed by atoms with Gasteiger partial charge in [-0.25, -0.2) is 4.79 Å². The molecule has 0 saturated carbocycles. The predicted octanol–water partition coefficient (Wildman–Crippen LogP) is -0.299. The Morgan fingerprint density at radius 3 is 2.59 bits per heavy atom. The van der Waals surface area contributed by atoms with Gasteiger partial charge in [0, 0.05) is 12.6 Å². The van der Waals surface area contributed by atoms with Gasteiger partial charge in [-0.1, -0.05) is 19.2 Å². The molecule has 1 aliphatic heterocycles. The van der Waals surface area contributed by atoms with Crippen molar-refractivity contribution >= 4 is 17.8 Å². The molecule has 0 fully saturated rings. The third-order valence-corrected chi connectivity index (χ3v) is 2.10. The van der Waals surface area contributed by atoms with E-state index in [-0.39, 0.29) is 23.8 Å². The van der Waals surface area contributed by atoms with Gasteiger partial charge in [0.15, 0.2) is 0 Å². The summed E-state index contributed by atoms with van der Waals surface area (Å²) < 4.78 is 4.36. The van der Waals surface area contributed by atoms with Gasteiger partial charge in [-0.2, -0.15) is 0 Å². The van der Waals surface area contributed by atoms with E-state index in [1.165, 1.54) is 18.1 Å². The Labute approximate surface area is 98.2 Å². The van der Waals surface area contributed by atoms with Crippen molar-refractivity contribution in [2.24, 2.45) is 0 Å². The molecule has 0 aliphatic carbocycles. The minimum atomic E-state index is -0.753. The Morgan fingerprint density at radius 1 is 1.47 bits per heavy atom. The number of nitrogens with zero attached hydrogens (tertiary/aromatic N) is 1. The van der Waals surface area contributed by atoms with Crippen molar-refractivity contribution in [2.45, 2.75) is 0 Å². The largest absolute Gasteiger partial charge is 0.464 e. The van der Waals surface area contributed by atoms with E-state index in [2.05, 4.69) is 23.2 Å². The molecule has 1 heterocycles. The fourth-order valence-electron chi connectivity index (χ4n) is 1.19. The maximum absolute atomic E-state index is 11.6. The van der Waals surface area contributed by atoms with E-state index in [1.54, 1.807) is 6.08 Å². The highest BCUT2D eigenvalue weighted by molar-refractivity contribution is 6.04. The van der Waals surface area contributed by atoms with E-state index in [0.29, 0.717) is 0 Å². The first-order valence-electron chi connectivity index (χ1n) is 4.73. The standard InChI is InChI=1S/C11H12N2O4/c1-7(11(16)17-3)12-10(15)8(2)13-6-4-5-9(13)14/h4-5H,1-2,6H2,3H3,(H,12,15). The summed E-state index contributed by atoms with van der Waals surface area (Å²) in [7, 11) is 1.17. The number of rotatable bonds is 4. The van der Waals surface area contributed by atoms with E-state index in [9.17, 15) is 14.4 Å². The van der Waals surface area contributed by atoms with Crippen LogP contribution >= 0.6 is 0 Å². The third-order valence-electron chi connectivity index (χ3n) is 2.10. The van der Waals surface area contributed by atoms with Crippen molar-refractivity contribution in [3.8, 4) is 0 Å². The first-order chi connectivity index (χ1) is 7.97. The molecular formula is C11H12N2O4. The molecule has 0 atom stereocenters. The van der Waals surface area contributed by atoms with Gasteiger partial charge >= 0.3 is 5.97 Å². The van der Waals surface area contributed by atoms with Gasteiger partial charge in [0.1, 0.15) is 11.4 Å². The molecule has 1 rings (SSSR count). The van der Waals surface area contributed by atoms with E-state index in [4.69, 9.17) is 0 Å². The van der Waals surface area contributed by atoms with Gasteiger partial charge in [0.25, 0.3) is 11.8 Å². The predicted molar refractivity (Wildman–Crippen MR) is 59.3 cm³/mol. The van der Waals surface area contributed by atoms with Crippen LogP contribution in [-0.2, 0) is 19.1 Å². The summed E-state index contributed by atoms with van der Waals surface area (Å²) in [6.07, 6.45) is 2.95. The molecule has 2 amide bonds. The first-order valence-corrected chi connectivity index (χ1v) is 4.73. The van der Waals surface area contributed by atoms with Gasteiger partial charge < -0.3 is 15.0 Å². The van der Waals surface area contributed by atoms with Crippen molar-refractivity contribution < 1.29 is 19.1 Å². The molecule has 0 aromatic heterocycles. The molecule has 0 aromatic carbocycles. The van der Waals surface area contributed by atoms with E-state index < -0.39 is 11.9 Å². The van der Waals surface area contributed by atoms with Crippen LogP contribution in [0, 0.1) is 0 Å². The topological polar surface area (TPSA) is 75.7 Å². The lowest BCUT2D eigenvalue weighted by Gasteiger charge is -2.17. The molecule has 0 bridgehead atoms. The SMILES string of the molecule is C=C(NC(=O)C(=C)N1CC=CC1=O)C(=O)OC. The van der Waals surface area contributed by atoms with Crippen LogP contribution in [-0.4, -0.2) is 36.3 Å². The Morgan fingerprint density at radius 2 is 2.12 bits per heavy atom. The molecule has 17 heavy (non-hydrogen) atoms. The minimum Gasteiger partial charge on any atom is -0.464 e. The van der Waals surface area contributed by atoms with E-state index in [1.807, 2.05) is 0 Å². The van der Waals surface area contributed by atoms with Crippen LogP contribution in [0.2, 0.25) is 0 Å². The average Bonchev–Trinajstić information content (AvgIpc) is 2.73. The highest BCUT2D eigenvalue weighted by atomic mass is 16.5. The highest BCUT2D eigenvalue weighted by Gasteiger charge is 2.23. The number of hydrogen-bond acceptors (Lipinski definition) is 4. The van der Waals surface area contributed by atoms with Crippen LogP contribution in [0.5, 0.6) is 0 Å². The average molecular weight is 236 g/mol. The van der Waals surface area contributed by atoms with Crippen LogP contribution in [0.3, 0.4) is 0 Å². The summed E-state index contributed by atoms with van der Waals surface area (Å²) >= 11 is 0. The molecular weight excluding hydrogens is 224 g/mol. The number of ether oxygens (including phenoxy) is 1. The number of nitrogens with one attached hydrogen (secondary N) is 1. The maximum atomic E-state index is 11.6. The first kappa shape index (κ1) is 12.7. The summed E-state index contributed by atoms with van der Waals surface area (Å²) in [6, 6.07) is 0. The number of esters is 1. The highest BCUT2D eigenvalue weighted by Crippen LogP contribution is 2.09. The lowest BCUT2D eigenvalue weighted by molar-refractivity contribution is -0.137. The van der Waals surface area contributed by atoms with Gasteiger partial charge in [-0.15, -0.1) is 0 Å². The molecule has 90 valence electrons. The molecule has 0 spiro atoms. The smallest absolute Gasteiger partial charge is 0.353 e. The molecule has 0 saturated heterocycles. The molecule has 1 aliphatic rings. The Hall–Kier alpha value is -2.37. The van der Waals surface area contributed by atoms with Crippen molar-refractivity contribution in [3.63, 3.8) is 0 Å². The normalized spacial score (nSPS) is 13.5. The number of carbonyl (C=O) groups is 3. The fourth-order valence-corrected chi connectivity index (χ4v) is 1.19. The van der Waals surface area contributed by atoms with Crippen LogP contribution in [0.4, 0.5) is 0 Å². The van der Waals surface area contributed by atoms with Crippen molar-refractivity contribution in [1.29, 1.82) is 0 Å². The zero-order valence-corrected chi connectivity index (χ0v) is 9.36. The number of hydrogen-bond donors (Lipinski definition) is 1. The lowest BCUT2D eigenvalue weighted by atomic mass is 10.3. The zero-order valence-electron chi connectivity index (χ0n) is 9.36. The Bertz CT molecular complexity index is 437. The second kappa shape index (κ2) is 5.11. The van der Waals surface area contributed by atoms with Crippen LogP contribution < -0.4 is 5.32 Å². The monoisotopic (exact) mass is 236 g/mol. The number of carbonyl (C=O) groups excluding carboxylic acids is 3. The number of methoxy groups -OCH3 is 1. The second-order valence-electron chi connectivity index (χ2n) is 3.22. The lowest BCUT2D eigenvalue weighted by Crippen LogP contribution is -2.36. The third kappa shape index (κ3) is 2.81. The molecule has 0 aromatic rings. The molecule has 6 heteroatoms. The summed E-state index contributed by atoms with van der Waals surface area (Å²) in [5.41, 5.74) is -0.261. The maximum Gasteiger partial charge on any atom is 0.353 e. The van der Waals surface area contributed by atoms with Crippen LogP contribution in [0.15, 0.2) is 36.7 Å². The van der Waals surface area contributed by atoms with Crippen LogP contribution in [0.25, 0.3) is 0 Å². The zero-order chi connectivity index (χ0) is 13.0. The van der Waals surface area contributed by atoms with Crippen molar-refractivity contribution in [3.05, 3.63) is 36.7 Å². The molecule has 0 unspecified atom stereocenters. The van der Waals surface area contributed by atoms with Crippen molar-refractivity contribution in [2.75, 3.05) is 13.7 Å². The number of amides is 2. The van der Waals surface area contributed by atoms with Crippen molar-refractivity contribution in [1.82, 2.24) is 10.2 Å². The minimum absolute atomic E-state index is 0.0509. The molecule has 6 nitrogen and oxygen atoms in total. The summed E-state index contributed by atoms with van der Waals surface area (Å²) in [6.45, 7) is 7.10. The van der Waals surface area contributed by atoms with Gasteiger partial charge in [0.2, 0.25) is 0 Å². The van der Waals surface area contributed by atoms with Gasteiger partial charge in [0.05, 0.1) is 7.11 Å². The quantitative estimate of drug-likeness (QED) is 0.537. The molecule has 0 radical (unpaired) electrons. The fraction of sp³-hybridized carbons (Fsp3) is 0.182. The Balaban J connectivity index is 2.59. The summed E-state index contributed by atoms with van der Waals surface area (Å²) in [5, 5.41) is 2.20. The summed E-state index contributed by atoms with van der Waals surface area (Å²) in [5.74, 6) is -1.75. The van der Waals surface area contributed by atoms with E-state index in [0.717, 1.165) is 0 Å². The second-order valence-corrected chi connectivity index (χ2v) is 3.22. The van der Waals surface area contributed by atoms with Gasteiger partial charge in [-0.05, 0) is 0 Å².